The number of thiophene rings is 1. The number of hydrogen-bond acceptors (Lipinski definition) is 4. The summed E-state index contributed by atoms with van der Waals surface area (Å²) in [7, 11) is -3.48. The van der Waals surface area contributed by atoms with Crippen molar-refractivity contribution in [2.24, 2.45) is 11.7 Å². The van der Waals surface area contributed by atoms with Crippen LogP contribution in [0.2, 0.25) is 4.34 Å². The second-order valence-electron chi connectivity index (χ2n) is 5.03. The smallest absolute Gasteiger partial charge is 0.250 e. The molecule has 1 fully saturated rings. The molecule has 0 aromatic carbocycles. The van der Waals surface area contributed by atoms with Gasteiger partial charge in [0.25, 0.3) is 0 Å². The molecule has 20 heavy (non-hydrogen) atoms. The molecule has 2 atom stereocenters. The molecule has 2 rings (SSSR count). The van der Waals surface area contributed by atoms with Crippen molar-refractivity contribution in [1.29, 1.82) is 0 Å². The van der Waals surface area contributed by atoms with Crippen LogP contribution in [0.4, 0.5) is 0 Å². The zero-order valence-corrected chi connectivity index (χ0v) is 14.5. The van der Waals surface area contributed by atoms with Gasteiger partial charge in [0.15, 0.2) is 0 Å². The Morgan fingerprint density at radius 3 is 2.65 bits per heavy atom. The van der Waals surface area contributed by atoms with Crippen LogP contribution in [0.3, 0.4) is 0 Å². The van der Waals surface area contributed by atoms with Crippen molar-refractivity contribution in [3.05, 3.63) is 16.0 Å². The van der Waals surface area contributed by atoms with Crippen molar-refractivity contribution in [3.8, 4) is 0 Å². The Morgan fingerprint density at radius 2 is 2.10 bits per heavy atom. The third-order valence-corrected chi connectivity index (χ3v) is 7.14. The SMILES string of the molecule is Cc1cc(S(=O)(=O)NC2CCCCC2CN)sc1Cl.Cl. The van der Waals surface area contributed by atoms with E-state index in [-0.39, 0.29) is 28.6 Å². The van der Waals surface area contributed by atoms with Gasteiger partial charge in [-0.05, 0) is 43.9 Å². The van der Waals surface area contributed by atoms with Crippen LogP contribution in [-0.2, 0) is 10.0 Å². The van der Waals surface area contributed by atoms with Gasteiger partial charge in [-0.3, -0.25) is 0 Å². The summed E-state index contributed by atoms with van der Waals surface area (Å²) in [5.74, 6) is 0.236. The molecule has 1 aromatic heterocycles. The summed E-state index contributed by atoms with van der Waals surface area (Å²) < 4.78 is 28.3. The lowest BCUT2D eigenvalue weighted by atomic mass is 9.85. The molecule has 1 aromatic rings. The van der Waals surface area contributed by atoms with Gasteiger partial charge in [-0.2, -0.15) is 0 Å². The summed E-state index contributed by atoms with van der Waals surface area (Å²) in [5.41, 5.74) is 6.52. The van der Waals surface area contributed by atoms with E-state index in [1.807, 2.05) is 0 Å². The van der Waals surface area contributed by atoms with Crippen LogP contribution in [0.1, 0.15) is 31.2 Å². The summed E-state index contributed by atoms with van der Waals surface area (Å²) in [6, 6.07) is 1.57. The summed E-state index contributed by atoms with van der Waals surface area (Å²) in [6.45, 7) is 2.33. The number of sulfonamides is 1. The van der Waals surface area contributed by atoms with Gasteiger partial charge in [-0.25, -0.2) is 13.1 Å². The van der Waals surface area contributed by atoms with Crippen molar-refractivity contribution >= 4 is 45.4 Å². The van der Waals surface area contributed by atoms with E-state index in [0.29, 0.717) is 10.9 Å². The first-order valence-corrected chi connectivity index (χ1v) is 9.10. The average Bonchev–Trinajstić information content (AvgIpc) is 2.71. The van der Waals surface area contributed by atoms with Crippen molar-refractivity contribution in [2.45, 2.75) is 42.9 Å². The van der Waals surface area contributed by atoms with E-state index in [4.69, 9.17) is 17.3 Å². The predicted octanol–water partition coefficient (Wildman–Crippen LogP) is 2.93. The molecule has 116 valence electrons. The van der Waals surface area contributed by atoms with E-state index in [1.165, 1.54) is 0 Å². The van der Waals surface area contributed by atoms with Crippen LogP contribution in [-0.4, -0.2) is 21.0 Å². The van der Waals surface area contributed by atoms with Crippen molar-refractivity contribution in [2.75, 3.05) is 6.54 Å². The lowest BCUT2D eigenvalue weighted by Gasteiger charge is -2.30. The van der Waals surface area contributed by atoms with Crippen LogP contribution in [0.5, 0.6) is 0 Å². The molecule has 2 unspecified atom stereocenters. The van der Waals surface area contributed by atoms with Crippen LogP contribution >= 0.6 is 35.3 Å². The standard InChI is InChI=1S/C12H19ClN2O2S2.ClH/c1-8-6-11(18-12(8)13)19(16,17)15-10-5-3-2-4-9(10)7-14;/h6,9-10,15H,2-5,7,14H2,1H3;1H. The maximum absolute atomic E-state index is 12.3. The van der Waals surface area contributed by atoms with Gasteiger partial charge in [0.05, 0.1) is 4.34 Å². The molecule has 0 aliphatic heterocycles. The fourth-order valence-corrected chi connectivity index (χ4v) is 5.53. The van der Waals surface area contributed by atoms with E-state index in [1.54, 1.807) is 13.0 Å². The monoisotopic (exact) mass is 358 g/mol. The van der Waals surface area contributed by atoms with Gasteiger partial charge in [0.2, 0.25) is 10.0 Å². The summed E-state index contributed by atoms with van der Waals surface area (Å²) >= 11 is 7.04. The largest absolute Gasteiger partial charge is 0.330 e. The molecule has 0 bridgehead atoms. The number of halogens is 2. The first kappa shape index (κ1) is 18.2. The molecule has 1 aliphatic rings. The minimum Gasteiger partial charge on any atom is -0.330 e. The summed E-state index contributed by atoms with van der Waals surface area (Å²) in [6.07, 6.45) is 4.03. The highest BCUT2D eigenvalue weighted by atomic mass is 35.5. The molecule has 0 radical (unpaired) electrons. The molecule has 1 heterocycles. The molecule has 8 heteroatoms. The number of nitrogens with one attached hydrogen (secondary N) is 1. The third kappa shape index (κ3) is 4.08. The molecular formula is C12H20Cl2N2O2S2. The van der Waals surface area contributed by atoms with Crippen molar-refractivity contribution in [1.82, 2.24) is 4.72 Å². The second-order valence-corrected chi connectivity index (χ2v) is 8.63. The van der Waals surface area contributed by atoms with Gasteiger partial charge >= 0.3 is 0 Å². The first-order chi connectivity index (χ1) is 8.94. The highest BCUT2D eigenvalue weighted by molar-refractivity contribution is 7.91. The van der Waals surface area contributed by atoms with Gasteiger partial charge in [0.1, 0.15) is 4.21 Å². The van der Waals surface area contributed by atoms with Crippen molar-refractivity contribution in [3.63, 3.8) is 0 Å². The minimum absolute atomic E-state index is 0. The van der Waals surface area contributed by atoms with Gasteiger partial charge in [-0.15, -0.1) is 23.7 Å². The van der Waals surface area contributed by atoms with E-state index in [2.05, 4.69) is 4.72 Å². The zero-order chi connectivity index (χ0) is 14.0. The number of rotatable bonds is 4. The molecule has 3 N–H and O–H groups in total. The average molecular weight is 359 g/mol. The minimum atomic E-state index is -3.48. The first-order valence-electron chi connectivity index (χ1n) is 6.42. The molecule has 1 saturated carbocycles. The van der Waals surface area contributed by atoms with Crippen LogP contribution in [0, 0.1) is 12.8 Å². The van der Waals surface area contributed by atoms with Crippen LogP contribution in [0.15, 0.2) is 10.3 Å². The summed E-state index contributed by atoms with van der Waals surface area (Å²) in [4.78, 5) is 0. The predicted molar refractivity (Wildman–Crippen MR) is 86.4 cm³/mol. The Hall–Kier alpha value is 0.150. The highest BCUT2D eigenvalue weighted by Gasteiger charge is 2.29. The third-order valence-electron chi connectivity index (χ3n) is 3.62. The van der Waals surface area contributed by atoms with E-state index in [9.17, 15) is 8.42 Å². The zero-order valence-electron chi connectivity index (χ0n) is 11.3. The Morgan fingerprint density at radius 1 is 1.45 bits per heavy atom. The molecule has 1 aliphatic carbocycles. The maximum Gasteiger partial charge on any atom is 0.250 e. The van der Waals surface area contributed by atoms with Gasteiger partial charge < -0.3 is 5.73 Å². The topological polar surface area (TPSA) is 72.2 Å². The molecular weight excluding hydrogens is 339 g/mol. The van der Waals surface area contributed by atoms with Crippen LogP contribution in [0.25, 0.3) is 0 Å². The normalized spacial score (nSPS) is 23.4. The lowest BCUT2D eigenvalue weighted by molar-refractivity contribution is 0.296. The Bertz CT molecular complexity index is 526. The molecule has 4 nitrogen and oxygen atoms in total. The summed E-state index contributed by atoms with van der Waals surface area (Å²) in [5, 5.41) is 0. The fourth-order valence-electron chi connectivity index (χ4n) is 2.47. The Kier molecular flexibility index (Phi) is 6.76. The Labute approximate surface area is 135 Å². The lowest BCUT2D eigenvalue weighted by Crippen LogP contribution is -2.44. The number of hydrogen-bond donors (Lipinski definition) is 2. The second kappa shape index (κ2) is 7.42. The quantitative estimate of drug-likeness (QED) is 0.868. The van der Waals surface area contributed by atoms with E-state index >= 15 is 0 Å². The maximum atomic E-state index is 12.3. The van der Waals surface area contributed by atoms with Gasteiger partial charge in [-0.1, -0.05) is 24.4 Å². The fraction of sp³-hybridized carbons (Fsp3) is 0.667. The van der Waals surface area contributed by atoms with E-state index in [0.717, 1.165) is 42.6 Å². The van der Waals surface area contributed by atoms with E-state index < -0.39 is 10.0 Å². The van der Waals surface area contributed by atoms with Crippen LogP contribution < -0.4 is 10.5 Å². The molecule has 0 saturated heterocycles. The highest BCUT2D eigenvalue weighted by Crippen LogP contribution is 2.31. The number of aryl methyl sites for hydroxylation is 1. The number of nitrogens with two attached hydrogens (primary N) is 1. The molecule has 0 amide bonds. The Balaban J connectivity index is 0.00000200. The molecule has 0 spiro atoms. The van der Waals surface area contributed by atoms with Gasteiger partial charge in [0, 0.05) is 6.04 Å². The van der Waals surface area contributed by atoms with Crippen molar-refractivity contribution < 1.29 is 8.42 Å².